The molecule has 144 valence electrons. The van der Waals surface area contributed by atoms with E-state index in [4.69, 9.17) is 4.74 Å². The Morgan fingerprint density at radius 2 is 2.00 bits per heavy atom. The number of hydrogen-bond acceptors (Lipinski definition) is 4. The average molecular weight is 360 g/mol. The minimum Gasteiger partial charge on any atom is -0.460 e. The predicted octanol–water partition coefficient (Wildman–Crippen LogP) is 3.75. The van der Waals surface area contributed by atoms with Gasteiger partial charge in [0.05, 0.1) is 5.92 Å². The molecule has 5 heteroatoms. The third kappa shape index (κ3) is 7.16. The van der Waals surface area contributed by atoms with Gasteiger partial charge in [0.25, 0.3) is 0 Å². The van der Waals surface area contributed by atoms with E-state index in [1.54, 1.807) is 0 Å². The van der Waals surface area contributed by atoms with Crippen molar-refractivity contribution in [2.45, 2.75) is 58.5 Å². The monoisotopic (exact) mass is 360 g/mol. The van der Waals surface area contributed by atoms with E-state index in [0.29, 0.717) is 19.3 Å². The molecular formula is C21H32N2O3. The Balaban J connectivity index is 1.87. The van der Waals surface area contributed by atoms with Gasteiger partial charge in [0, 0.05) is 12.1 Å². The van der Waals surface area contributed by atoms with Crippen molar-refractivity contribution in [2.24, 2.45) is 11.8 Å². The summed E-state index contributed by atoms with van der Waals surface area (Å²) in [5.74, 6) is -0.00193. The summed E-state index contributed by atoms with van der Waals surface area (Å²) >= 11 is 0. The lowest BCUT2D eigenvalue weighted by atomic mass is 9.83. The third-order valence-electron chi connectivity index (χ3n) is 4.59. The summed E-state index contributed by atoms with van der Waals surface area (Å²) in [7, 11) is 0. The predicted molar refractivity (Wildman–Crippen MR) is 104 cm³/mol. The summed E-state index contributed by atoms with van der Waals surface area (Å²) < 4.78 is 5.64. The van der Waals surface area contributed by atoms with E-state index in [9.17, 15) is 9.59 Å². The molecule has 2 atom stereocenters. The van der Waals surface area contributed by atoms with Crippen LogP contribution in [0.4, 0.5) is 5.69 Å². The summed E-state index contributed by atoms with van der Waals surface area (Å²) in [4.78, 5) is 24.8. The number of carbonyl (C=O) groups excluding carboxylic acids is 2. The van der Waals surface area contributed by atoms with Gasteiger partial charge in [0.1, 0.15) is 5.60 Å². The number of esters is 1. The van der Waals surface area contributed by atoms with Crippen molar-refractivity contribution in [3.63, 3.8) is 0 Å². The van der Waals surface area contributed by atoms with Crippen molar-refractivity contribution in [3.8, 4) is 0 Å². The number of amides is 1. The number of rotatable bonds is 7. The first-order valence-electron chi connectivity index (χ1n) is 9.63. The Hall–Kier alpha value is -1.88. The summed E-state index contributed by atoms with van der Waals surface area (Å²) in [5, 5.41) is 6.27. The number of benzene rings is 1. The molecule has 0 bridgehead atoms. The van der Waals surface area contributed by atoms with Crippen molar-refractivity contribution >= 4 is 17.6 Å². The third-order valence-corrected chi connectivity index (χ3v) is 4.59. The number of para-hydroxylation sites is 1. The lowest BCUT2D eigenvalue weighted by Crippen LogP contribution is -2.39. The normalized spacial score (nSPS) is 18.8. The van der Waals surface area contributed by atoms with E-state index >= 15 is 0 Å². The molecule has 1 saturated heterocycles. The first-order chi connectivity index (χ1) is 12.3. The lowest BCUT2D eigenvalue weighted by Gasteiger charge is -2.31. The van der Waals surface area contributed by atoms with Crippen LogP contribution in [0.2, 0.25) is 0 Å². The molecule has 1 aromatic carbocycles. The van der Waals surface area contributed by atoms with Crippen molar-refractivity contribution in [2.75, 3.05) is 18.4 Å². The van der Waals surface area contributed by atoms with Gasteiger partial charge in [-0.15, -0.1) is 0 Å². The molecule has 0 saturated carbocycles. The van der Waals surface area contributed by atoms with Crippen LogP contribution in [-0.4, -0.2) is 30.6 Å². The van der Waals surface area contributed by atoms with E-state index < -0.39 is 5.60 Å². The summed E-state index contributed by atoms with van der Waals surface area (Å²) in [6.45, 7) is 7.55. The van der Waals surface area contributed by atoms with Gasteiger partial charge in [-0.2, -0.15) is 0 Å². The van der Waals surface area contributed by atoms with E-state index in [2.05, 4.69) is 10.6 Å². The van der Waals surface area contributed by atoms with Crippen LogP contribution in [0.5, 0.6) is 0 Å². The second-order valence-corrected chi connectivity index (χ2v) is 8.05. The lowest BCUT2D eigenvalue weighted by molar-refractivity contribution is -0.162. The Kier molecular flexibility index (Phi) is 7.64. The molecule has 0 radical (unpaired) electrons. The van der Waals surface area contributed by atoms with Crippen LogP contribution in [0.3, 0.4) is 0 Å². The molecule has 0 spiro atoms. The highest BCUT2D eigenvalue weighted by atomic mass is 16.6. The van der Waals surface area contributed by atoms with Crippen LogP contribution < -0.4 is 10.6 Å². The molecule has 1 aliphatic heterocycles. The smallest absolute Gasteiger partial charge is 0.309 e. The maximum Gasteiger partial charge on any atom is 0.309 e. The van der Waals surface area contributed by atoms with Crippen LogP contribution in [0.15, 0.2) is 30.3 Å². The van der Waals surface area contributed by atoms with E-state index in [0.717, 1.165) is 31.6 Å². The number of hydrogen-bond donors (Lipinski definition) is 2. The number of piperidine rings is 1. The van der Waals surface area contributed by atoms with E-state index in [-0.39, 0.29) is 23.7 Å². The Morgan fingerprint density at radius 1 is 1.27 bits per heavy atom. The van der Waals surface area contributed by atoms with Gasteiger partial charge >= 0.3 is 5.97 Å². The number of ether oxygens (including phenoxy) is 1. The van der Waals surface area contributed by atoms with Crippen LogP contribution in [-0.2, 0) is 14.3 Å². The molecule has 2 N–H and O–H groups in total. The second kappa shape index (κ2) is 9.72. The van der Waals surface area contributed by atoms with Gasteiger partial charge < -0.3 is 15.4 Å². The molecule has 0 aromatic heterocycles. The van der Waals surface area contributed by atoms with Crippen LogP contribution >= 0.6 is 0 Å². The zero-order chi connectivity index (χ0) is 19.0. The summed E-state index contributed by atoms with van der Waals surface area (Å²) in [6, 6.07) is 9.44. The standard InChI is InChI=1S/C21H32N2O3/c1-21(2,3)26-20(25)18(16-9-8-14-22-15-16)12-7-13-19(24)23-17-10-5-4-6-11-17/h4-6,10-11,16,18,22H,7-9,12-15H2,1-3H3,(H,23,24). The molecule has 1 amide bonds. The van der Waals surface area contributed by atoms with Crippen molar-refractivity contribution in [1.29, 1.82) is 0 Å². The van der Waals surface area contributed by atoms with Gasteiger partial charge in [0.15, 0.2) is 0 Å². The molecule has 2 unspecified atom stereocenters. The van der Waals surface area contributed by atoms with Gasteiger partial charge in [0.2, 0.25) is 5.91 Å². The Morgan fingerprint density at radius 3 is 2.62 bits per heavy atom. The van der Waals surface area contributed by atoms with Crippen molar-refractivity contribution in [1.82, 2.24) is 5.32 Å². The number of anilines is 1. The Bertz CT molecular complexity index is 575. The fraction of sp³-hybridized carbons (Fsp3) is 0.619. The number of carbonyl (C=O) groups is 2. The highest BCUT2D eigenvalue weighted by Crippen LogP contribution is 2.28. The average Bonchev–Trinajstić information content (AvgIpc) is 2.59. The van der Waals surface area contributed by atoms with Gasteiger partial charge in [-0.05, 0) is 77.6 Å². The van der Waals surface area contributed by atoms with E-state index in [1.807, 2.05) is 51.1 Å². The summed E-state index contributed by atoms with van der Waals surface area (Å²) in [5.41, 5.74) is 0.319. The van der Waals surface area contributed by atoms with E-state index in [1.165, 1.54) is 0 Å². The zero-order valence-electron chi connectivity index (χ0n) is 16.2. The molecule has 26 heavy (non-hydrogen) atoms. The first kappa shape index (κ1) is 20.4. The minimum atomic E-state index is -0.484. The fourth-order valence-electron chi connectivity index (χ4n) is 3.37. The molecule has 5 nitrogen and oxygen atoms in total. The van der Waals surface area contributed by atoms with Gasteiger partial charge in [-0.3, -0.25) is 9.59 Å². The highest BCUT2D eigenvalue weighted by molar-refractivity contribution is 5.90. The largest absolute Gasteiger partial charge is 0.460 e. The maximum atomic E-state index is 12.7. The minimum absolute atomic E-state index is 0.0130. The molecule has 1 heterocycles. The molecule has 1 aromatic rings. The van der Waals surface area contributed by atoms with Crippen LogP contribution in [0.25, 0.3) is 0 Å². The zero-order valence-corrected chi connectivity index (χ0v) is 16.2. The molecule has 0 aliphatic carbocycles. The SMILES string of the molecule is CC(C)(C)OC(=O)C(CCCC(=O)Nc1ccccc1)C1CCCNC1. The topological polar surface area (TPSA) is 67.4 Å². The van der Waals surface area contributed by atoms with Gasteiger partial charge in [-0.1, -0.05) is 18.2 Å². The summed E-state index contributed by atoms with van der Waals surface area (Å²) in [6.07, 6.45) is 3.89. The Labute approximate surface area is 156 Å². The number of nitrogens with one attached hydrogen (secondary N) is 2. The van der Waals surface area contributed by atoms with Crippen molar-refractivity contribution in [3.05, 3.63) is 30.3 Å². The highest BCUT2D eigenvalue weighted by Gasteiger charge is 2.32. The van der Waals surface area contributed by atoms with Crippen LogP contribution in [0, 0.1) is 11.8 Å². The van der Waals surface area contributed by atoms with Gasteiger partial charge in [-0.25, -0.2) is 0 Å². The van der Waals surface area contributed by atoms with Crippen LogP contribution in [0.1, 0.15) is 52.9 Å². The molecule has 1 aliphatic rings. The quantitative estimate of drug-likeness (QED) is 0.727. The maximum absolute atomic E-state index is 12.7. The second-order valence-electron chi connectivity index (χ2n) is 8.05. The molecule has 1 fully saturated rings. The first-order valence-corrected chi connectivity index (χ1v) is 9.63. The van der Waals surface area contributed by atoms with Crippen molar-refractivity contribution < 1.29 is 14.3 Å². The fourth-order valence-corrected chi connectivity index (χ4v) is 3.37. The molecular weight excluding hydrogens is 328 g/mol. The molecule has 2 rings (SSSR count).